The predicted octanol–water partition coefficient (Wildman–Crippen LogP) is 1.91. The van der Waals surface area contributed by atoms with E-state index in [-0.39, 0.29) is 12.3 Å². The first kappa shape index (κ1) is 15.4. The lowest BCUT2D eigenvalue weighted by molar-refractivity contribution is -0.152. The van der Waals surface area contributed by atoms with E-state index in [2.05, 4.69) is 6.92 Å². The molecule has 3 N–H and O–H groups in total. The van der Waals surface area contributed by atoms with Crippen LogP contribution in [0.3, 0.4) is 0 Å². The van der Waals surface area contributed by atoms with E-state index in [4.69, 9.17) is 5.73 Å². The Morgan fingerprint density at radius 3 is 2.81 bits per heavy atom. The molecule has 2 atom stereocenters. The topological polar surface area (TPSA) is 83.6 Å². The third kappa shape index (κ3) is 3.74. The summed E-state index contributed by atoms with van der Waals surface area (Å²) in [6, 6.07) is 6.46. The summed E-state index contributed by atoms with van der Waals surface area (Å²) in [7, 11) is 0. The number of rotatable bonds is 4. The molecule has 0 aliphatic carbocycles. The number of benzene rings is 1. The number of nitrogens with zero attached hydrogens (tertiary/aromatic N) is 1. The monoisotopic (exact) mass is 290 g/mol. The highest BCUT2D eigenvalue weighted by Crippen LogP contribution is 2.26. The van der Waals surface area contributed by atoms with Gasteiger partial charge < -0.3 is 15.7 Å². The lowest BCUT2D eigenvalue weighted by atomic mass is 9.88. The van der Waals surface area contributed by atoms with Crippen molar-refractivity contribution in [2.45, 2.75) is 38.6 Å². The molecule has 5 heteroatoms. The number of hydrogen-bond acceptors (Lipinski definition) is 3. The molecule has 114 valence electrons. The van der Waals surface area contributed by atoms with Gasteiger partial charge in [0.05, 0.1) is 6.42 Å². The fraction of sp³-hybridized carbons (Fsp3) is 0.500. The Balaban J connectivity index is 2.08. The number of aliphatic carboxylic acids is 1. The summed E-state index contributed by atoms with van der Waals surface area (Å²) in [5.74, 6) is -0.654. The van der Waals surface area contributed by atoms with Crippen molar-refractivity contribution in [1.29, 1.82) is 0 Å². The van der Waals surface area contributed by atoms with Crippen molar-refractivity contribution in [3.05, 3.63) is 29.8 Å². The van der Waals surface area contributed by atoms with Crippen LogP contribution in [0.4, 0.5) is 5.69 Å². The van der Waals surface area contributed by atoms with E-state index in [1.807, 2.05) is 6.07 Å². The molecule has 1 aromatic rings. The molecule has 1 fully saturated rings. The molecule has 0 radical (unpaired) electrons. The van der Waals surface area contributed by atoms with Crippen LogP contribution in [0, 0.1) is 5.92 Å². The van der Waals surface area contributed by atoms with Gasteiger partial charge in [-0.1, -0.05) is 25.5 Å². The van der Waals surface area contributed by atoms with Crippen LogP contribution in [0.5, 0.6) is 0 Å². The summed E-state index contributed by atoms with van der Waals surface area (Å²) in [5.41, 5.74) is 7.14. The molecule has 1 heterocycles. The number of piperidine rings is 1. The molecule has 2 rings (SSSR count). The normalized spacial score (nSPS) is 22.0. The Bertz CT molecular complexity index is 530. The van der Waals surface area contributed by atoms with Gasteiger partial charge in [0.2, 0.25) is 5.91 Å². The van der Waals surface area contributed by atoms with Crippen LogP contribution in [-0.2, 0) is 16.0 Å². The maximum absolute atomic E-state index is 12.4. The van der Waals surface area contributed by atoms with Crippen LogP contribution in [0.15, 0.2) is 24.3 Å². The SMILES string of the molecule is CCC1CCN(C(=O)Cc2cccc(N)c2)C(C(=O)O)C1. The van der Waals surface area contributed by atoms with Crippen molar-refractivity contribution in [1.82, 2.24) is 4.90 Å². The number of nitrogen functional groups attached to an aromatic ring is 1. The summed E-state index contributed by atoms with van der Waals surface area (Å²) in [6.07, 6.45) is 2.59. The van der Waals surface area contributed by atoms with E-state index >= 15 is 0 Å². The minimum Gasteiger partial charge on any atom is -0.480 e. The van der Waals surface area contributed by atoms with E-state index in [0.29, 0.717) is 24.6 Å². The van der Waals surface area contributed by atoms with Crippen LogP contribution in [0.25, 0.3) is 0 Å². The average Bonchev–Trinajstić information content (AvgIpc) is 2.46. The van der Waals surface area contributed by atoms with E-state index in [9.17, 15) is 14.7 Å². The zero-order chi connectivity index (χ0) is 15.4. The van der Waals surface area contributed by atoms with Crippen molar-refractivity contribution in [3.8, 4) is 0 Å². The summed E-state index contributed by atoms with van der Waals surface area (Å²) in [4.78, 5) is 25.3. The molecule has 0 aromatic heterocycles. The van der Waals surface area contributed by atoms with Crippen LogP contribution in [0.1, 0.15) is 31.7 Å². The smallest absolute Gasteiger partial charge is 0.326 e. The quantitative estimate of drug-likeness (QED) is 0.830. The Morgan fingerprint density at radius 1 is 1.43 bits per heavy atom. The van der Waals surface area contributed by atoms with Crippen molar-refractivity contribution in [2.75, 3.05) is 12.3 Å². The molecule has 1 aromatic carbocycles. The van der Waals surface area contributed by atoms with Gasteiger partial charge in [0.1, 0.15) is 6.04 Å². The Morgan fingerprint density at radius 2 is 2.19 bits per heavy atom. The van der Waals surface area contributed by atoms with Crippen LogP contribution < -0.4 is 5.73 Å². The molecule has 1 aliphatic rings. The number of carbonyl (C=O) groups is 2. The summed E-state index contributed by atoms with van der Waals surface area (Å²) in [6.45, 7) is 2.59. The molecular weight excluding hydrogens is 268 g/mol. The van der Waals surface area contributed by atoms with E-state index in [0.717, 1.165) is 18.4 Å². The first-order valence-corrected chi connectivity index (χ1v) is 7.38. The number of amides is 1. The van der Waals surface area contributed by atoms with Gasteiger partial charge in [-0.2, -0.15) is 0 Å². The largest absolute Gasteiger partial charge is 0.480 e. The maximum atomic E-state index is 12.4. The lowest BCUT2D eigenvalue weighted by Gasteiger charge is -2.37. The molecule has 1 saturated heterocycles. The van der Waals surface area contributed by atoms with E-state index in [1.54, 1.807) is 18.2 Å². The summed E-state index contributed by atoms with van der Waals surface area (Å²) in [5, 5.41) is 9.37. The first-order chi connectivity index (χ1) is 10.0. The molecule has 0 spiro atoms. The molecule has 21 heavy (non-hydrogen) atoms. The second-order valence-corrected chi connectivity index (χ2v) is 5.66. The second-order valence-electron chi connectivity index (χ2n) is 5.66. The highest BCUT2D eigenvalue weighted by Gasteiger charge is 2.35. The number of likely N-dealkylation sites (tertiary alicyclic amines) is 1. The van der Waals surface area contributed by atoms with Crippen LogP contribution in [0.2, 0.25) is 0 Å². The predicted molar refractivity (Wildman–Crippen MR) is 80.7 cm³/mol. The van der Waals surface area contributed by atoms with Gasteiger partial charge in [-0.25, -0.2) is 4.79 Å². The Hall–Kier alpha value is -2.04. The van der Waals surface area contributed by atoms with Gasteiger partial charge >= 0.3 is 5.97 Å². The first-order valence-electron chi connectivity index (χ1n) is 7.38. The molecule has 5 nitrogen and oxygen atoms in total. The van der Waals surface area contributed by atoms with Crippen molar-refractivity contribution in [2.24, 2.45) is 5.92 Å². The minimum absolute atomic E-state index is 0.137. The number of carboxylic acid groups (broad SMARTS) is 1. The number of nitrogens with two attached hydrogens (primary N) is 1. The van der Waals surface area contributed by atoms with Gasteiger partial charge in [-0.3, -0.25) is 4.79 Å². The van der Waals surface area contributed by atoms with Crippen LogP contribution >= 0.6 is 0 Å². The van der Waals surface area contributed by atoms with E-state index in [1.165, 1.54) is 4.90 Å². The van der Waals surface area contributed by atoms with Crippen molar-refractivity contribution in [3.63, 3.8) is 0 Å². The number of carbonyl (C=O) groups excluding carboxylic acids is 1. The molecule has 1 aliphatic heterocycles. The summed E-state index contributed by atoms with van der Waals surface area (Å²) >= 11 is 0. The van der Waals surface area contributed by atoms with Gasteiger partial charge in [0.25, 0.3) is 0 Å². The standard InChI is InChI=1S/C16H22N2O3/c1-2-11-6-7-18(14(9-11)16(20)21)15(19)10-12-4-3-5-13(17)8-12/h3-5,8,11,14H,2,6-7,9-10,17H2,1H3,(H,20,21). The lowest BCUT2D eigenvalue weighted by Crippen LogP contribution is -2.50. The average molecular weight is 290 g/mol. The molecular formula is C16H22N2O3. The zero-order valence-corrected chi connectivity index (χ0v) is 12.3. The Kier molecular flexibility index (Phi) is 4.83. The fourth-order valence-electron chi connectivity index (χ4n) is 2.92. The third-order valence-electron chi connectivity index (χ3n) is 4.20. The molecule has 0 bridgehead atoms. The molecule has 1 amide bonds. The molecule has 0 saturated carbocycles. The fourth-order valence-corrected chi connectivity index (χ4v) is 2.92. The highest BCUT2D eigenvalue weighted by atomic mass is 16.4. The van der Waals surface area contributed by atoms with E-state index < -0.39 is 12.0 Å². The zero-order valence-electron chi connectivity index (χ0n) is 12.3. The minimum atomic E-state index is -0.908. The number of anilines is 1. The number of hydrogen-bond donors (Lipinski definition) is 2. The summed E-state index contributed by atoms with van der Waals surface area (Å²) < 4.78 is 0. The van der Waals surface area contributed by atoms with Crippen LogP contribution in [-0.4, -0.2) is 34.5 Å². The van der Waals surface area contributed by atoms with Gasteiger partial charge in [0, 0.05) is 12.2 Å². The third-order valence-corrected chi connectivity index (χ3v) is 4.20. The number of carboxylic acids is 1. The van der Waals surface area contributed by atoms with Gasteiger partial charge in [0.15, 0.2) is 0 Å². The highest BCUT2D eigenvalue weighted by molar-refractivity contribution is 5.85. The van der Waals surface area contributed by atoms with Crippen molar-refractivity contribution < 1.29 is 14.7 Å². The second kappa shape index (κ2) is 6.61. The Labute approximate surface area is 124 Å². The van der Waals surface area contributed by atoms with Gasteiger partial charge in [-0.05, 0) is 36.5 Å². The maximum Gasteiger partial charge on any atom is 0.326 e. The van der Waals surface area contributed by atoms with Crippen molar-refractivity contribution >= 4 is 17.6 Å². The molecule has 2 unspecified atom stereocenters. The van der Waals surface area contributed by atoms with Gasteiger partial charge in [-0.15, -0.1) is 0 Å².